The SMILES string of the molecule is NC1CCN(C(=O)c2n[nH]c3ccccc23)C1. The smallest absolute Gasteiger partial charge is 0.275 e. The molecule has 1 amide bonds. The van der Waals surface area contributed by atoms with E-state index in [1.807, 2.05) is 24.3 Å². The standard InChI is InChI=1S/C12H14N4O/c13-8-5-6-16(7-8)12(17)11-9-3-1-2-4-10(9)14-15-11/h1-4,8H,5-7,13H2,(H,14,15). The summed E-state index contributed by atoms with van der Waals surface area (Å²) in [6.07, 6.45) is 0.869. The fourth-order valence-electron chi connectivity index (χ4n) is 2.25. The van der Waals surface area contributed by atoms with Crippen molar-refractivity contribution in [3.8, 4) is 0 Å². The number of likely N-dealkylation sites (tertiary alicyclic amines) is 1. The van der Waals surface area contributed by atoms with Gasteiger partial charge in [0, 0.05) is 24.5 Å². The van der Waals surface area contributed by atoms with Crippen molar-refractivity contribution in [1.29, 1.82) is 0 Å². The van der Waals surface area contributed by atoms with Crippen molar-refractivity contribution in [2.24, 2.45) is 5.73 Å². The number of fused-ring (bicyclic) bond motifs is 1. The quantitative estimate of drug-likeness (QED) is 0.758. The Balaban J connectivity index is 1.96. The molecule has 3 N–H and O–H groups in total. The van der Waals surface area contributed by atoms with Gasteiger partial charge < -0.3 is 10.6 Å². The topological polar surface area (TPSA) is 75.0 Å². The summed E-state index contributed by atoms with van der Waals surface area (Å²) in [5.74, 6) is -0.0320. The molecule has 3 rings (SSSR count). The van der Waals surface area contributed by atoms with Crippen LogP contribution < -0.4 is 5.73 Å². The number of aromatic nitrogens is 2. The number of aromatic amines is 1. The molecule has 1 aromatic heterocycles. The summed E-state index contributed by atoms with van der Waals surface area (Å²) in [7, 11) is 0. The van der Waals surface area contributed by atoms with Gasteiger partial charge >= 0.3 is 0 Å². The average Bonchev–Trinajstić information content (AvgIpc) is 2.94. The second-order valence-corrected chi connectivity index (χ2v) is 4.42. The number of para-hydroxylation sites is 1. The molecule has 2 heterocycles. The first-order valence-electron chi connectivity index (χ1n) is 5.73. The van der Waals surface area contributed by atoms with Crippen LogP contribution in [0, 0.1) is 0 Å². The maximum absolute atomic E-state index is 12.3. The van der Waals surface area contributed by atoms with Crippen LogP contribution in [-0.2, 0) is 0 Å². The lowest BCUT2D eigenvalue weighted by atomic mass is 10.2. The van der Waals surface area contributed by atoms with Gasteiger partial charge in [0.05, 0.1) is 5.52 Å². The second kappa shape index (κ2) is 3.85. The first-order chi connectivity index (χ1) is 8.25. The molecule has 0 spiro atoms. The Morgan fingerprint density at radius 1 is 1.47 bits per heavy atom. The summed E-state index contributed by atoms with van der Waals surface area (Å²) in [5, 5.41) is 7.86. The van der Waals surface area contributed by atoms with Gasteiger partial charge in [-0.2, -0.15) is 5.10 Å². The summed E-state index contributed by atoms with van der Waals surface area (Å²) in [5.41, 5.74) is 7.19. The zero-order valence-electron chi connectivity index (χ0n) is 9.39. The Morgan fingerprint density at radius 3 is 3.06 bits per heavy atom. The minimum atomic E-state index is -0.0320. The Bertz CT molecular complexity index is 562. The molecule has 17 heavy (non-hydrogen) atoms. The number of hydrogen-bond donors (Lipinski definition) is 2. The van der Waals surface area contributed by atoms with Crippen LogP contribution in [0.25, 0.3) is 10.9 Å². The molecule has 1 saturated heterocycles. The Labute approximate surface area is 98.6 Å². The van der Waals surface area contributed by atoms with Crippen LogP contribution in [0.15, 0.2) is 24.3 Å². The molecule has 0 radical (unpaired) electrons. The average molecular weight is 230 g/mol. The van der Waals surface area contributed by atoms with E-state index in [-0.39, 0.29) is 11.9 Å². The van der Waals surface area contributed by atoms with E-state index in [4.69, 9.17) is 5.73 Å². The second-order valence-electron chi connectivity index (χ2n) is 4.42. The number of nitrogens with one attached hydrogen (secondary N) is 1. The molecule has 0 saturated carbocycles. The maximum atomic E-state index is 12.3. The molecule has 0 aliphatic carbocycles. The summed E-state index contributed by atoms with van der Waals surface area (Å²) >= 11 is 0. The predicted molar refractivity (Wildman–Crippen MR) is 64.6 cm³/mol. The molecule has 1 aliphatic rings. The van der Waals surface area contributed by atoms with Crippen molar-refractivity contribution in [3.63, 3.8) is 0 Å². The first-order valence-corrected chi connectivity index (χ1v) is 5.73. The minimum Gasteiger partial charge on any atom is -0.336 e. The Morgan fingerprint density at radius 2 is 2.29 bits per heavy atom. The fourth-order valence-corrected chi connectivity index (χ4v) is 2.25. The number of rotatable bonds is 1. The highest BCUT2D eigenvalue weighted by Crippen LogP contribution is 2.18. The molecule has 5 nitrogen and oxygen atoms in total. The monoisotopic (exact) mass is 230 g/mol. The number of amides is 1. The summed E-state index contributed by atoms with van der Waals surface area (Å²) in [6.45, 7) is 1.35. The molecule has 1 aliphatic heterocycles. The summed E-state index contributed by atoms with van der Waals surface area (Å²) in [4.78, 5) is 14.0. The van der Waals surface area contributed by atoms with Crippen molar-refractivity contribution in [1.82, 2.24) is 15.1 Å². The van der Waals surface area contributed by atoms with Gasteiger partial charge in [0.15, 0.2) is 5.69 Å². The van der Waals surface area contributed by atoms with Crippen molar-refractivity contribution in [3.05, 3.63) is 30.0 Å². The van der Waals surface area contributed by atoms with Gasteiger partial charge in [-0.25, -0.2) is 0 Å². The van der Waals surface area contributed by atoms with Crippen LogP contribution in [0.3, 0.4) is 0 Å². The molecular formula is C12H14N4O. The normalized spacial score (nSPS) is 20.1. The molecule has 5 heteroatoms. The largest absolute Gasteiger partial charge is 0.336 e. The molecule has 1 unspecified atom stereocenters. The number of hydrogen-bond acceptors (Lipinski definition) is 3. The van der Waals surface area contributed by atoms with E-state index in [1.165, 1.54) is 0 Å². The minimum absolute atomic E-state index is 0.0320. The van der Waals surface area contributed by atoms with Crippen LogP contribution in [0.4, 0.5) is 0 Å². The summed E-state index contributed by atoms with van der Waals surface area (Å²) in [6, 6.07) is 7.74. The lowest BCUT2D eigenvalue weighted by Crippen LogP contribution is -2.32. The molecule has 1 fully saturated rings. The maximum Gasteiger partial charge on any atom is 0.275 e. The fraction of sp³-hybridized carbons (Fsp3) is 0.333. The van der Waals surface area contributed by atoms with Crippen LogP contribution in [-0.4, -0.2) is 40.1 Å². The van der Waals surface area contributed by atoms with Gasteiger partial charge in [-0.15, -0.1) is 0 Å². The molecule has 88 valence electrons. The zero-order chi connectivity index (χ0) is 11.8. The predicted octanol–water partition coefficient (Wildman–Crippen LogP) is 0.736. The number of carbonyl (C=O) groups excluding carboxylic acids is 1. The molecule has 1 atom stereocenters. The lowest BCUT2D eigenvalue weighted by molar-refractivity contribution is 0.0787. The third kappa shape index (κ3) is 1.68. The van der Waals surface area contributed by atoms with Crippen molar-refractivity contribution < 1.29 is 4.79 Å². The van der Waals surface area contributed by atoms with Gasteiger partial charge in [0.25, 0.3) is 5.91 Å². The molecule has 2 aromatic rings. The van der Waals surface area contributed by atoms with Crippen LogP contribution in [0.5, 0.6) is 0 Å². The van der Waals surface area contributed by atoms with Crippen molar-refractivity contribution >= 4 is 16.8 Å². The molecule has 0 bridgehead atoms. The van der Waals surface area contributed by atoms with Gasteiger partial charge in [0.1, 0.15) is 0 Å². The van der Waals surface area contributed by atoms with E-state index >= 15 is 0 Å². The highest BCUT2D eigenvalue weighted by Gasteiger charge is 2.26. The van der Waals surface area contributed by atoms with Crippen molar-refractivity contribution in [2.45, 2.75) is 12.5 Å². The van der Waals surface area contributed by atoms with Crippen LogP contribution >= 0.6 is 0 Å². The van der Waals surface area contributed by atoms with Gasteiger partial charge in [-0.3, -0.25) is 9.89 Å². The van der Waals surface area contributed by atoms with E-state index < -0.39 is 0 Å². The van der Waals surface area contributed by atoms with E-state index in [0.29, 0.717) is 12.2 Å². The number of carbonyl (C=O) groups is 1. The van der Waals surface area contributed by atoms with Crippen molar-refractivity contribution in [2.75, 3.05) is 13.1 Å². The van der Waals surface area contributed by atoms with E-state index in [9.17, 15) is 4.79 Å². The first kappa shape index (κ1) is 10.3. The van der Waals surface area contributed by atoms with E-state index in [0.717, 1.165) is 23.9 Å². The number of benzene rings is 1. The summed E-state index contributed by atoms with van der Waals surface area (Å²) < 4.78 is 0. The Hall–Kier alpha value is -1.88. The number of H-pyrrole nitrogens is 1. The highest BCUT2D eigenvalue weighted by molar-refractivity contribution is 6.04. The van der Waals surface area contributed by atoms with E-state index in [2.05, 4.69) is 10.2 Å². The van der Waals surface area contributed by atoms with Crippen LogP contribution in [0.1, 0.15) is 16.9 Å². The third-order valence-corrected chi connectivity index (χ3v) is 3.18. The lowest BCUT2D eigenvalue weighted by Gasteiger charge is -2.13. The van der Waals surface area contributed by atoms with E-state index in [1.54, 1.807) is 4.90 Å². The third-order valence-electron chi connectivity index (χ3n) is 3.18. The molecular weight excluding hydrogens is 216 g/mol. The van der Waals surface area contributed by atoms with Gasteiger partial charge in [-0.1, -0.05) is 18.2 Å². The zero-order valence-corrected chi connectivity index (χ0v) is 9.39. The Kier molecular flexibility index (Phi) is 2.33. The number of nitrogens with two attached hydrogens (primary N) is 1. The van der Waals surface area contributed by atoms with Gasteiger partial charge in [0.2, 0.25) is 0 Å². The van der Waals surface area contributed by atoms with Crippen LogP contribution in [0.2, 0.25) is 0 Å². The highest BCUT2D eigenvalue weighted by atomic mass is 16.2. The van der Waals surface area contributed by atoms with Gasteiger partial charge in [-0.05, 0) is 12.5 Å². The number of nitrogens with zero attached hydrogens (tertiary/aromatic N) is 2. The molecule has 1 aromatic carbocycles.